The van der Waals surface area contributed by atoms with Crippen LogP contribution in [-0.4, -0.2) is 32.8 Å². The predicted octanol–water partition coefficient (Wildman–Crippen LogP) is 2.50. The number of carbonyl (C=O) groups excluding carboxylic acids is 2. The van der Waals surface area contributed by atoms with E-state index in [2.05, 4.69) is 10.6 Å². The first-order valence-electron chi connectivity index (χ1n) is 9.01. The van der Waals surface area contributed by atoms with Crippen molar-refractivity contribution in [3.8, 4) is 6.07 Å². The van der Waals surface area contributed by atoms with Gasteiger partial charge in [-0.3, -0.25) is 13.9 Å². The Balaban J connectivity index is 2.15. The van der Waals surface area contributed by atoms with Crippen molar-refractivity contribution >= 4 is 44.8 Å². The predicted molar refractivity (Wildman–Crippen MR) is 113 cm³/mol. The van der Waals surface area contributed by atoms with Crippen LogP contribution in [0, 0.1) is 25.2 Å². The lowest BCUT2D eigenvalue weighted by Crippen LogP contribution is -2.52. The van der Waals surface area contributed by atoms with Crippen molar-refractivity contribution in [2.75, 3.05) is 16.2 Å². The summed E-state index contributed by atoms with van der Waals surface area (Å²) in [5.74, 6) is -1.24. The monoisotopic (exact) mass is 446 g/mol. The van der Waals surface area contributed by atoms with E-state index in [-0.39, 0.29) is 17.1 Å². The minimum atomic E-state index is -4.22. The number of carbonyl (C=O) groups is 2. The van der Waals surface area contributed by atoms with E-state index in [0.717, 1.165) is 4.31 Å². The number of fused-ring (bicyclic) bond motifs is 1. The van der Waals surface area contributed by atoms with Gasteiger partial charge in [-0.2, -0.15) is 5.26 Å². The summed E-state index contributed by atoms with van der Waals surface area (Å²) in [4.78, 5) is 25.0. The van der Waals surface area contributed by atoms with Gasteiger partial charge in [-0.1, -0.05) is 23.7 Å². The zero-order valence-electron chi connectivity index (χ0n) is 16.3. The van der Waals surface area contributed by atoms with Crippen molar-refractivity contribution in [1.29, 1.82) is 5.26 Å². The molecule has 3 rings (SSSR count). The van der Waals surface area contributed by atoms with Gasteiger partial charge in [0.2, 0.25) is 11.8 Å². The fourth-order valence-electron chi connectivity index (χ4n) is 3.26. The minimum Gasteiger partial charge on any atom is -0.343 e. The molecule has 0 spiro atoms. The van der Waals surface area contributed by atoms with E-state index < -0.39 is 34.3 Å². The molecule has 2 amide bonds. The number of amides is 2. The van der Waals surface area contributed by atoms with Crippen LogP contribution < -0.4 is 14.9 Å². The molecule has 1 atom stereocenters. The van der Waals surface area contributed by atoms with Crippen molar-refractivity contribution < 1.29 is 18.0 Å². The highest BCUT2D eigenvalue weighted by Gasteiger charge is 2.42. The van der Waals surface area contributed by atoms with Crippen molar-refractivity contribution in [1.82, 2.24) is 5.32 Å². The Bertz CT molecular complexity index is 1170. The number of aryl methyl sites for hydroxylation is 2. The molecule has 156 valence electrons. The Hall–Kier alpha value is -3.09. The van der Waals surface area contributed by atoms with Gasteiger partial charge in [0.15, 0.2) is 0 Å². The van der Waals surface area contributed by atoms with Crippen molar-refractivity contribution in [2.45, 2.75) is 31.2 Å². The fraction of sp³-hybridized carbons (Fsp3) is 0.250. The zero-order valence-corrected chi connectivity index (χ0v) is 17.8. The second kappa shape index (κ2) is 8.34. The molecule has 1 aliphatic rings. The molecule has 0 aliphatic carbocycles. The Morgan fingerprint density at radius 1 is 1.27 bits per heavy atom. The molecule has 0 saturated carbocycles. The van der Waals surface area contributed by atoms with Gasteiger partial charge in [0, 0.05) is 5.02 Å². The number of hydrogen-bond acceptors (Lipinski definition) is 5. The Morgan fingerprint density at radius 2 is 1.97 bits per heavy atom. The SMILES string of the molecule is Cc1cc(S(=O)(=O)N2c3ccccc3NC(=O)[C@H]2CC(=O)NCC#N)c(C)cc1Cl. The molecular formula is C20H19ClN4O4S. The van der Waals surface area contributed by atoms with E-state index >= 15 is 0 Å². The van der Waals surface area contributed by atoms with Gasteiger partial charge in [-0.15, -0.1) is 0 Å². The third kappa shape index (κ3) is 3.97. The molecule has 8 nitrogen and oxygen atoms in total. The first-order chi connectivity index (χ1) is 14.2. The van der Waals surface area contributed by atoms with Crippen LogP contribution in [0.2, 0.25) is 5.02 Å². The van der Waals surface area contributed by atoms with Crippen molar-refractivity contribution in [3.05, 3.63) is 52.5 Å². The van der Waals surface area contributed by atoms with E-state index in [1.165, 1.54) is 6.07 Å². The van der Waals surface area contributed by atoms with Crippen LogP contribution in [-0.2, 0) is 19.6 Å². The molecule has 2 aromatic carbocycles. The molecule has 2 N–H and O–H groups in total. The van der Waals surface area contributed by atoms with E-state index in [9.17, 15) is 18.0 Å². The average Bonchev–Trinajstić information content (AvgIpc) is 2.69. The largest absolute Gasteiger partial charge is 0.343 e. The molecule has 0 unspecified atom stereocenters. The summed E-state index contributed by atoms with van der Waals surface area (Å²) in [6.07, 6.45) is -0.438. The second-order valence-electron chi connectivity index (χ2n) is 6.83. The van der Waals surface area contributed by atoms with Crippen LogP contribution in [0.3, 0.4) is 0 Å². The number of halogens is 1. The number of rotatable bonds is 5. The summed E-state index contributed by atoms with van der Waals surface area (Å²) in [5.41, 5.74) is 1.56. The topological polar surface area (TPSA) is 119 Å². The maximum Gasteiger partial charge on any atom is 0.265 e. The van der Waals surface area contributed by atoms with Crippen LogP contribution in [0.1, 0.15) is 17.5 Å². The third-order valence-electron chi connectivity index (χ3n) is 4.72. The maximum absolute atomic E-state index is 13.7. The lowest BCUT2D eigenvalue weighted by Gasteiger charge is -2.37. The molecule has 0 saturated heterocycles. The number of nitrogens with zero attached hydrogens (tertiary/aromatic N) is 2. The maximum atomic E-state index is 13.7. The van der Waals surface area contributed by atoms with E-state index in [4.69, 9.17) is 16.9 Å². The van der Waals surface area contributed by atoms with Crippen LogP contribution in [0.15, 0.2) is 41.3 Å². The lowest BCUT2D eigenvalue weighted by molar-refractivity contribution is -0.125. The van der Waals surface area contributed by atoms with Gasteiger partial charge in [0.25, 0.3) is 10.0 Å². The van der Waals surface area contributed by atoms with E-state index in [1.807, 2.05) is 0 Å². The number of benzene rings is 2. The number of hydrogen-bond donors (Lipinski definition) is 2. The lowest BCUT2D eigenvalue weighted by atomic mass is 10.1. The fourth-order valence-corrected chi connectivity index (χ4v) is 5.40. The minimum absolute atomic E-state index is 0.00339. The molecule has 1 heterocycles. The summed E-state index contributed by atoms with van der Waals surface area (Å²) in [6.45, 7) is 3.05. The second-order valence-corrected chi connectivity index (χ2v) is 9.02. The van der Waals surface area contributed by atoms with Gasteiger partial charge in [-0.05, 0) is 49.2 Å². The Kier molecular flexibility index (Phi) is 6.01. The number of nitriles is 1. The molecule has 0 bridgehead atoms. The molecule has 2 aromatic rings. The van der Waals surface area contributed by atoms with Gasteiger partial charge >= 0.3 is 0 Å². The Morgan fingerprint density at radius 3 is 2.67 bits per heavy atom. The standard InChI is InChI=1S/C20H19ClN4O4S/c1-12-10-18(13(2)9-14(12)21)30(28,29)25-16-6-4-3-5-15(16)24-20(27)17(25)11-19(26)23-8-7-22/h3-6,9-10,17H,8,11H2,1-2H3,(H,23,26)(H,24,27)/t17-/m1/s1. The number of para-hydroxylation sites is 2. The van der Waals surface area contributed by atoms with Gasteiger partial charge in [0.1, 0.15) is 12.6 Å². The first kappa shape index (κ1) is 21.6. The molecule has 0 fully saturated rings. The molecule has 30 heavy (non-hydrogen) atoms. The number of nitrogens with one attached hydrogen (secondary N) is 2. The number of anilines is 2. The molecule has 1 aliphatic heterocycles. The highest BCUT2D eigenvalue weighted by molar-refractivity contribution is 7.93. The summed E-state index contributed by atoms with van der Waals surface area (Å²) >= 11 is 6.12. The van der Waals surface area contributed by atoms with Gasteiger partial charge < -0.3 is 10.6 Å². The van der Waals surface area contributed by atoms with Crippen LogP contribution in [0.5, 0.6) is 0 Å². The summed E-state index contributed by atoms with van der Waals surface area (Å²) in [6, 6.07) is 9.91. The zero-order chi connectivity index (χ0) is 22.1. The highest BCUT2D eigenvalue weighted by Crippen LogP contribution is 2.38. The van der Waals surface area contributed by atoms with E-state index in [0.29, 0.717) is 21.8 Å². The summed E-state index contributed by atoms with van der Waals surface area (Å²) in [5, 5.41) is 14.1. The quantitative estimate of drug-likeness (QED) is 0.684. The normalized spacial score (nSPS) is 15.7. The first-order valence-corrected chi connectivity index (χ1v) is 10.8. The van der Waals surface area contributed by atoms with Crippen LogP contribution in [0.4, 0.5) is 11.4 Å². The molecule has 10 heteroatoms. The highest BCUT2D eigenvalue weighted by atomic mass is 35.5. The van der Waals surface area contributed by atoms with Gasteiger partial charge in [0.05, 0.1) is 28.8 Å². The Labute approximate surface area is 179 Å². The van der Waals surface area contributed by atoms with Crippen molar-refractivity contribution in [2.24, 2.45) is 0 Å². The summed E-state index contributed by atoms with van der Waals surface area (Å²) in [7, 11) is -4.22. The van der Waals surface area contributed by atoms with Gasteiger partial charge in [-0.25, -0.2) is 8.42 Å². The van der Waals surface area contributed by atoms with Crippen LogP contribution in [0.25, 0.3) is 0 Å². The number of sulfonamides is 1. The summed E-state index contributed by atoms with van der Waals surface area (Å²) < 4.78 is 28.4. The van der Waals surface area contributed by atoms with E-state index in [1.54, 1.807) is 50.2 Å². The molecule has 0 radical (unpaired) electrons. The molecule has 0 aromatic heterocycles. The third-order valence-corrected chi connectivity index (χ3v) is 7.09. The average molecular weight is 447 g/mol. The smallest absolute Gasteiger partial charge is 0.265 e. The van der Waals surface area contributed by atoms with Crippen LogP contribution >= 0.6 is 11.6 Å². The van der Waals surface area contributed by atoms with Crippen molar-refractivity contribution in [3.63, 3.8) is 0 Å². The molecular weight excluding hydrogens is 428 g/mol.